The van der Waals surface area contributed by atoms with Gasteiger partial charge in [0.05, 0.1) is 12.1 Å². The van der Waals surface area contributed by atoms with Crippen LogP contribution in [0, 0.1) is 5.82 Å². The van der Waals surface area contributed by atoms with Crippen LogP contribution in [0.4, 0.5) is 15.9 Å². The van der Waals surface area contributed by atoms with E-state index >= 15 is 0 Å². The molecule has 6 rings (SSSR count). The predicted molar refractivity (Wildman–Crippen MR) is 138 cm³/mol. The van der Waals surface area contributed by atoms with Crippen molar-refractivity contribution in [3.63, 3.8) is 0 Å². The van der Waals surface area contributed by atoms with Crippen molar-refractivity contribution in [2.24, 2.45) is 0 Å². The average molecular weight is 488 g/mol. The molecule has 0 aliphatic heterocycles. The standard InChI is InChI=1S/C28H26FN3O2S/c1-2-34-26(33)28(14-5-15-28)35-27-31-24-16-18(29)10-11-22(24)25(32-27)30-23-13-12-19(17-8-9-17)20-6-3-4-7-21(20)23/h3-4,6-7,10-13,16-17H,2,5,8-9,14-15H2,1H3,(H,30,31,32). The van der Waals surface area contributed by atoms with Gasteiger partial charge in [-0.15, -0.1) is 0 Å². The molecule has 2 saturated carbocycles. The Labute approximate surface area is 207 Å². The maximum absolute atomic E-state index is 14.1. The molecule has 0 unspecified atom stereocenters. The van der Waals surface area contributed by atoms with Crippen LogP contribution in [0.2, 0.25) is 0 Å². The molecule has 0 atom stereocenters. The summed E-state index contributed by atoms with van der Waals surface area (Å²) < 4.78 is 18.8. The molecule has 0 amide bonds. The molecule has 7 heteroatoms. The minimum atomic E-state index is -0.674. The smallest absolute Gasteiger partial charge is 0.322 e. The quantitative estimate of drug-likeness (QED) is 0.221. The second-order valence-electron chi connectivity index (χ2n) is 9.33. The zero-order valence-electron chi connectivity index (χ0n) is 19.5. The molecule has 3 aromatic carbocycles. The van der Waals surface area contributed by atoms with E-state index in [1.165, 1.54) is 47.7 Å². The van der Waals surface area contributed by atoms with E-state index in [-0.39, 0.29) is 11.8 Å². The number of thioether (sulfide) groups is 1. The molecular weight excluding hydrogens is 461 g/mol. The van der Waals surface area contributed by atoms with E-state index in [2.05, 4.69) is 40.6 Å². The highest BCUT2D eigenvalue weighted by molar-refractivity contribution is 8.01. The van der Waals surface area contributed by atoms with Gasteiger partial charge in [0.1, 0.15) is 16.4 Å². The highest BCUT2D eigenvalue weighted by Gasteiger charge is 2.47. The molecule has 0 radical (unpaired) electrons. The third-order valence-corrected chi connectivity index (χ3v) is 8.29. The highest BCUT2D eigenvalue weighted by Crippen LogP contribution is 2.48. The number of rotatable bonds is 7. The fourth-order valence-electron chi connectivity index (χ4n) is 4.81. The van der Waals surface area contributed by atoms with E-state index in [1.807, 2.05) is 13.0 Å². The van der Waals surface area contributed by atoms with E-state index in [1.54, 1.807) is 6.07 Å². The number of benzene rings is 3. The van der Waals surface area contributed by atoms with Crippen molar-refractivity contribution in [3.8, 4) is 0 Å². The van der Waals surface area contributed by atoms with Crippen LogP contribution in [0.3, 0.4) is 0 Å². The number of aromatic nitrogens is 2. The summed E-state index contributed by atoms with van der Waals surface area (Å²) in [4.78, 5) is 22.2. The molecule has 0 saturated heterocycles. The van der Waals surface area contributed by atoms with Crippen LogP contribution >= 0.6 is 11.8 Å². The minimum Gasteiger partial charge on any atom is -0.465 e. The lowest BCUT2D eigenvalue weighted by atomic mass is 9.84. The van der Waals surface area contributed by atoms with E-state index in [0.29, 0.717) is 29.0 Å². The predicted octanol–water partition coefficient (Wildman–Crippen LogP) is 7.12. The first-order valence-electron chi connectivity index (χ1n) is 12.2. The van der Waals surface area contributed by atoms with Crippen LogP contribution < -0.4 is 5.32 Å². The summed E-state index contributed by atoms with van der Waals surface area (Å²) in [6.07, 6.45) is 4.87. The topological polar surface area (TPSA) is 64.1 Å². The van der Waals surface area contributed by atoms with Crippen LogP contribution in [0.5, 0.6) is 0 Å². The van der Waals surface area contributed by atoms with E-state index < -0.39 is 4.75 Å². The fraction of sp³-hybridized carbons (Fsp3) is 0.321. The van der Waals surface area contributed by atoms with E-state index in [0.717, 1.165) is 35.7 Å². The summed E-state index contributed by atoms with van der Waals surface area (Å²) in [6, 6.07) is 17.2. The van der Waals surface area contributed by atoms with Crippen molar-refractivity contribution in [2.45, 2.75) is 54.8 Å². The van der Waals surface area contributed by atoms with Gasteiger partial charge >= 0.3 is 5.97 Å². The Bertz CT molecular complexity index is 1450. The van der Waals surface area contributed by atoms with E-state index in [9.17, 15) is 9.18 Å². The number of hydrogen-bond acceptors (Lipinski definition) is 6. The molecule has 2 fully saturated rings. The first kappa shape index (κ1) is 22.3. The van der Waals surface area contributed by atoms with Crippen molar-refractivity contribution >= 4 is 50.9 Å². The van der Waals surface area contributed by atoms with Crippen molar-refractivity contribution in [1.82, 2.24) is 9.97 Å². The Morgan fingerprint density at radius 2 is 1.89 bits per heavy atom. The minimum absolute atomic E-state index is 0.227. The van der Waals surface area contributed by atoms with Crippen molar-refractivity contribution < 1.29 is 13.9 Å². The number of anilines is 2. The first-order chi connectivity index (χ1) is 17.1. The summed E-state index contributed by atoms with van der Waals surface area (Å²) in [5.74, 6) is 0.651. The van der Waals surface area contributed by atoms with Gasteiger partial charge in [0, 0.05) is 22.5 Å². The molecule has 0 bridgehead atoms. The highest BCUT2D eigenvalue weighted by atomic mass is 32.2. The summed E-state index contributed by atoms with van der Waals surface area (Å²) >= 11 is 1.33. The molecule has 1 heterocycles. The molecule has 4 aromatic rings. The first-order valence-corrected chi connectivity index (χ1v) is 13.0. The summed E-state index contributed by atoms with van der Waals surface area (Å²) in [6.45, 7) is 2.15. The Hall–Kier alpha value is -3.19. The molecule has 35 heavy (non-hydrogen) atoms. The number of hydrogen-bond donors (Lipinski definition) is 1. The van der Waals surface area contributed by atoms with Crippen molar-refractivity contribution in [1.29, 1.82) is 0 Å². The maximum atomic E-state index is 14.1. The van der Waals surface area contributed by atoms with Gasteiger partial charge in [-0.2, -0.15) is 0 Å². The number of ether oxygens (including phenoxy) is 1. The molecular formula is C28H26FN3O2S. The number of esters is 1. The Balaban J connectivity index is 1.42. The Kier molecular flexibility index (Phi) is 5.60. The Morgan fingerprint density at radius 3 is 2.60 bits per heavy atom. The van der Waals surface area contributed by atoms with Crippen molar-refractivity contribution in [2.75, 3.05) is 11.9 Å². The maximum Gasteiger partial charge on any atom is 0.322 e. The zero-order chi connectivity index (χ0) is 24.0. The zero-order valence-corrected chi connectivity index (χ0v) is 20.3. The van der Waals surface area contributed by atoms with Crippen LogP contribution in [-0.2, 0) is 9.53 Å². The molecule has 0 spiro atoms. The lowest BCUT2D eigenvalue weighted by molar-refractivity contribution is -0.148. The molecule has 1 aromatic heterocycles. The number of carbonyl (C=O) groups is 1. The normalized spacial score (nSPS) is 16.7. The molecule has 1 N–H and O–H groups in total. The lowest BCUT2D eigenvalue weighted by Crippen LogP contribution is -2.43. The van der Waals surface area contributed by atoms with Gasteiger partial charge in [0.15, 0.2) is 5.16 Å². The third kappa shape index (κ3) is 4.12. The van der Waals surface area contributed by atoms with Crippen LogP contribution in [0.15, 0.2) is 59.8 Å². The SMILES string of the molecule is CCOC(=O)C1(Sc2nc(Nc3ccc(C4CC4)c4ccccc34)c3ccc(F)cc3n2)CCC1. The number of fused-ring (bicyclic) bond motifs is 2. The second kappa shape index (κ2) is 8.79. The van der Waals surface area contributed by atoms with Gasteiger partial charge in [-0.05, 0) is 74.1 Å². The number of halogens is 1. The van der Waals surface area contributed by atoms with E-state index in [4.69, 9.17) is 9.72 Å². The average Bonchev–Trinajstić information content (AvgIpc) is 3.67. The summed E-state index contributed by atoms with van der Waals surface area (Å²) in [5.41, 5.74) is 2.83. The Morgan fingerprint density at radius 1 is 1.09 bits per heavy atom. The van der Waals surface area contributed by atoms with Crippen LogP contribution in [0.1, 0.15) is 50.5 Å². The third-order valence-electron chi connectivity index (χ3n) is 6.96. The number of nitrogens with zero attached hydrogens (tertiary/aromatic N) is 2. The summed E-state index contributed by atoms with van der Waals surface area (Å²) in [5, 5.41) is 7.05. The molecule has 178 valence electrons. The van der Waals surface area contributed by atoms with Gasteiger partial charge in [0.2, 0.25) is 0 Å². The van der Waals surface area contributed by atoms with Gasteiger partial charge in [0.25, 0.3) is 0 Å². The van der Waals surface area contributed by atoms with Crippen molar-refractivity contribution in [3.05, 3.63) is 66.0 Å². The molecule has 2 aliphatic rings. The number of nitrogens with one attached hydrogen (secondary N) is 1. The monoisotopic (exact) mass is 487 g/mol. The van der Waals surface area contributed by atoms with Gasteiger partial charge in [-0.25, -0.2) is 14.4 Å². The van der Waals surface area contributed by atoms with Crippen LogP contribution in [-0.4, -0.2) is 27.3 Å². The van der Waals surface area contributed by atoms with Gasteiger partial charge < -0.3 is 10.1 Å². The van der Waals surface area contributed by atoms with Crippen LogP contribution in [0.25, 0.3) is 21.7 Å². The largest absolute Gasteiger partial charge is 0.465 e. The fourth-order valence-corrected chi connectivity index (χ4v) is 6.08. The second-order valence-corrected chi connectivity index (χ2v) is 10.7. The van der Waals surface area contributed by atoms with Gasteiger partial charge in [-0.3, -0.25) is 4.79 Å². The summed E-state index contributed by atoms with van der Waals surface area (Å²) in [7, 11) is 0. The number of carbonyl (C=O) groups excluding carboxylic acids is 1. The lowest BCUT2D eigenvalue weighted by Gasteiger charge is -2.37. The van der Waals surface area contributed by atoms with Gasteiger partial charge in [-0.1, -0.05) is 42.1 Å². The molecule has 5 nitrogen and oxygen atoms in total. The molecule has 2 aliphatic carbocycles.